The first kappa shape index (κ1) is 16.3. The maximum absolute atomic E-state index is 10.6. The highest BCUT2D eigenvalue weighted by molar-refractivity contribution is 5.68. The fourth-order valence-corrected chi connectivity index (χ4v) is 1.77. The lowest BCUT2D eigenvalue weighted by Gasteiger charge is -2.14. The maximum atomic E-state index is 10.6. The minimum absolute atomic E-state index is 0.382. The molecule has 0 atom stereocenters. The Hall–Kier alpha value is -1.79. The quantitative estimate of drug-likeness (QED) is 0.552. The van der Waals surface area contributed by atoms with Gasteiger partial charge in [0.15, 0.2) is 18.1 Å². The second-order valence-electron chi connectivity index (χ2n) is 4.26. The monoisotopic (exact) mass is 282 g/mol. The molecule has 0 spiro atoms. The molecule has 0 aliphatic rings. The summed E-state index contributed by atoms with van der Waals surface area (Å²) >= 11 is 0. The van der Waals surface area contributed by atoms with Crippen molar-refractivity contribution in [2.45, 2.75) is 13.0 Å². The third kappa shape index (κ3) is 5.46. The Kier molecular flexibility index (Phi) is 7.46. The van der Waals surface area contributed by atoms with E-state index in [0.29, 0.717) is 18.0 Å². The molecule has 0 aromatic heterocycles. The molecule has 20 heavy (non-hydrogen) atoms. The van der Waals surface area contributed by atoms with Crippen LogP contribution in [-0.2, 0) is 11.3 Å². The molecule has 1 aromatic rings. The highest BCUT2D eigenvalue weighted by Gasteiger charge is 2.11. The molecule has 1 rings (SSSR count). The number of methoxy groups -OCH3 is 1. The summed E-state index contributed by atoms with van der Waals surface area (Å²) in [4.78, 5) is 10.6. The minimum Gasteiger partial charge on any atom is -0.493 e. The van der Waals surface area contributed by atoms with E-state index in [4.69, 9.17) is 14.6 Å². The first-order chi connectivity index (χ1) is 9.69. The number of aliphatic carboxylic acids is 1. The Morgan fingerprint density at radius 1 is 1.35 bits per heavy atom. The molecule has 0 fully saturated rings. The van der Waals surface area contributed by atoms with Gasteiger partial charge in [-0.3, -0.25) is 0 Å². The van der Waals surface area contributed by atoms with Crippen LogP contribution in [0.25, 0.3) is 0 Å². The number of nitrogens with one attached hydrogen (secondary N) is 2. The molecule has 0 aliphatic carbocycles. The summed E-state index contributed by atoms with van der Waals surface area (Å²) in [5.41, 5.74) is 0.884. The van der Waals surface area contributed by atoms with E-state index in [1.165, 1.54) is 7.11 Å². The van der Waals surface area contributed by atoms with Crippen molar-refractivity contribution in [3.05, 3.63) is 23.8 Å². The van der Waals surface area contributed by atoms with Gasteiger partial charge in [0.1, 0.15) is 0 Å². The number of benzene rings is 1. The first-order valence-electron chi connectivity index (χ1n) is 6.54. The van der Waals surface area contributed by atoms with Gasteiger partial charge < -0.3 is 25.2 Å². The van der Waals surface area contributed by atoms with Crippen LogP contribution in [0.2, 0.25) is 0 Å². The zero-order chi connectivity index (χ0) is 14.8. The van der Waals surface area contributed by atoms with Crippen LogP contribution in [-0.4, -0.2) is 44.9 Å². The molecular formula is C14H22N2O4. The van der Waals surface area contributed by atoms with Gasteiger partial charge in [-0.1, -0.05) is 12.1 Å². The fraction of sp³-hybridized carbons (Fsp3) is 0.500. The summed E-state index contributed by atoms with van der Waals surface area (Å²) in [7, 11) is 3.45. The Balaban J connectivity index is 2.65. The second kappa shape index (κ2) is 9.17. The number of carboxylic acid groups (broad SMARTS) is 1. The number of para-hydroxylation sites is 1. The lowest BCUT2D eigenvalue weighted by molar-refractivity contribution is -0.139. The third-order valence-corrected chi connectivity index (χ3v) is 2.72. The number of carboxylic acids is 1. The molecule has 0 aliphatic heterocycles. The van der Waals surface area contributed by atoms with Crippen LogP contribution in [0.15, 0.2) is 18.2 Å². The van der Waals surface area contributed by atoms with Gasteiger partial charge in [0.05, 0.1) is 7.11 Å². The smallest absolute Gasteiger partial charge is 0.341 e. The van der Waals surface area contributed by atoms with Crippen LogP contribution < -0.4 is 20.1 Å². The topological polar surface area (TPSA) is 79.8 Å². The predicted molar refractivity (Wildman–Crippen MR) is 76.4 cm³/mol. The Labute approximate surface area is 119 Å². The van der Waals surface area contributed by atoms with Gasteiger partial charge in [0, 0.05) is 12.1 Å². The molecule has 112 valence electrons. The Morgan fingerprint density at radius 3 is 2.80 bits per heavy atom. The van der Waals surface area contributed by atoms with E-state index in [-0.39, 0.29) is 6.61 Å². The van der Waals surface area contributed by atoms with Crippen molar-refractivity contribution in [3.8, 4) is 11.5 Å². The van der Waals surface area contributed by atoms with Crippen LogP contribution >= 0.6 is 0 Å². The van der Waals surface area contributed by atoms with E-state index in [2.05, 4.69) is 10.6 Å². The van der Waals surface area contributed by atoms with Crippen molar-refractivity contribution in [2.24, 2.45) is 0 Å². The van der Waals surface area contributed by atoms with Crippen molar-refractivity contribution in [2.75, 3.05) is 33.9 Å². The van der Waals surface area contributed by atoms with Crippen molar-refractivity contribution in [1.29, 1.82) is 0 Å². The second-order valence-corrected chi connectivity index (χ2v) is 4.26. The SMILES string of the molecule is CNCCCNCc1cccc(OC)c1OCC(=O)O. The van der Waals surface area contributed by atoms with Crippen molar-refractivity contribution in [1.82, 2.24) is 10.6 Å². The van der Waals surface area contributed by atoms with E-state index < -0.39 is 5.97 Å². The molecular weight excluding hydrogens is 260 g/mol. The van der Waals surface area contributed by atoms with Gasteiger partial charge in [0.2, 0.25) is 0 Å². The maximum Gasteiger partial charge on any atom is 0.341 e. The largest absolute Gasteiger partial charge is 0.493 e. The molecule has 0 heterocycles. The van der Waals surface area contributed by atoms with E-state index in [1.54, 1.807) is 6.07 Å². The summed E-state index contributed by atoms with van der Waals surface area (Å²) < 4.78 is 10.5. The third-order valence-electron chi connectivity index (χ3n) is 2.72. The van der Waals surface area contributed by atoms with Crippen LogP contribution in [0.5, 0.6) is 11.5 Å². The molecule has 0 saturated carbocycles. The average Bonchev–Trinajstić information content (AvgIpc) is 2.45. The Bertz CT molecular complexity index is 424. The number of carbonyl (C=O) groups is 1. The van der Waals surface area contributed by atoms with Crippen molar-refractivity contribution >= 4 is 5.97 Å². The van der Waals surface area contributed by atoms with E-state index in [0.717, 1.165) is 25.1 Å². The van der Waals surface area contributed by atoms with E-state index >= 15 is 0 Å². The van der Waals surface area contributed by atoms with Gasteiger partial charge in [0.25, 0.3) is 0 Å². The van der Waals surface area contributed by atoms with E-state index in [1.807, 2.05) is 19.2 Å². The Morgan fingerprint density at radius 2 is 2.15 bits per heavy atom. The standard InChI is InChI=1S/C14H22N2O4/c1-15-7-4-8-16-9-11-5-3-6-12(19-2)14(11)20-10-13(17)18/h3,5-6,15-16H,4,7-10H2,1-2H3,(H,17,18). The summed E-state index contributed by atoms with van der Waals surface area (Å²) in [5, 5.41) is 15.1. The normalized spacial score (nSPS) is 10.3. The molecule has 1 aromatic carbocycles. The predicted octanol–water partition coefficient (Wildman–Crippen LogP) is 0.858. The molecule has 0 bridgehead atoms. The zero-order valence-corrected chi connectivity index (χ0v) is 11.9. The molecule has 3 N–H and O–H groups in total. The number of rotatable bonds is 10. The van der Waals surface area contributed by atoms with Gasteiger partial charge >= 0.3 is 5.97 Å². The summed E-state index contributed by atoms with van der Waals surface area (Å²) in [5.74, 6) is 0.0168. The molecule has 0 saturated heterocycles. The number of hydrogen-bond acceptors (Lipinski definition) is 5. The zero-order valence-electron chi connectivity index (χ0n) is 11.9. The van der Waals surface area contributed by atoms with Crippen molar-refractivity contribution in [3.63, 3.8) is 0 Å². The number of hydrogen-bond donors (Lipinski definition) is 3. The lowest BCUT2D eigenvalue weighted by Crippen LogP contribution is -2.20. The summed E-state index contributed by atoms with van der Waals surface area (Å²) in [6, 6.07) is 5.50. The van der Waals surface area contributed by atoms with Crippen LogP contribution in [0.3, 0.4) is 0 Å². The van der Waals surface area contributed by atoms with Gasteiger partial charge in [-0.2, -0.15) is 0 Å². The molecule has 0 amide bonds. The highest BCUT2D eigenvalue weighted by atomic mass is 16.5. The summed E-state index contributed by atoms with van der Waals surface area (Å²) in [6.07, 6.45) is 1.02. The molecule has 0 radical (unpaired) electrons. The molecule has 0 unspecified atom stereocenters. The van der Waals surface area contributed by atoms with Crippen molar-refractivity contribution < 1.29 is 19.4 Å². The van der Waals surface area contributed by atoms with Gasteiger partial charge in [-0.25, -0.2) is 4.79 Å². The van der Waals surface area contributed by atoms with E-state index in [9.17, 15) is 4.79 Å². The molecule has 6 heteroatoms. The fourth-order valence-electron chi connectivity index (χ4n) is 1.77. The average molecular weight is 282 g/mol. The summed E-state index contributed by atoms with van der Waals surface area (Å²) in [6.45, 7) is 2.05. The molecule has 6 nitrogen and oxygen atoms in total. The first-order valence-corrected chi connectivity index (χ1v) is 6.54. The highest BCUT2D eigenvalue weighted by Crippen LogP contribution is 2.30. The van der Waals surface area contributed by atoms with Gasteiger partial charge in [-0.15, -0.1) is 0 Å². The van der Waals surface area contributed by atoms with Crippen LogP contribution in [0, 0.1) is 0 Å². The number of ether oxygens (including phenoxy) is 2. The lowest BCUT2D eigenvalue weighted by atomic mass is 10.2. The van der Waals surface area contributed by atoms with Crippen LogP contribution in [0.1, 0.15) is 12.0 Å². The van der Waals surface area contributed by atoms with Crippen LogP contribution in [0.4, 0.5) is 0 Å². The minimum atomic E-state index is -1.01. The van der Waals surface area contributed by atoms with Gasteiger partial charge in [-0.05, 0) is 32.6 Å².